The van der Waals surface area contributed by atoms with Gasteiger partial charge in [-0.2, -0.15) is 5.10 Å². The Kier molecular flexibility index (Phi) is 4.30. The van der Waals surface area contributed by atoms with Crippen molar-refractivity contribution in [3.05, 3.63) is 46.7 Å². The molecule has 3 atom stereocenters. The largest absolute Gasteiger partial charge is 0.350 e. The second kappa shape index (κ2) is 6.44. The molecule has 2 aliphatic rings. The minimum absolute atomic E-state index is 0.00151. The third kappa shape index (κ3) is 2.63. The number of hydrogen-bond acceptors (Lipinski definition) is 4. The number of nitrogens with zero attached hydrogens (tertiary/aromatic N) is 3. The Labute approximate surface area is 150 Å². The topological polar surface area (TPSA) is 41.2 Å². The van der Waals surface area contributed by atoms with Crippen molar-refractivity contribution >= 4 is 23.8 Å². The third-order valence-electron chi connectivity index (χ3n) is 4.53. The van der Waals surface area contributed by atoms with E-state index in [1.165, 1.54) is 0 Å². The molecule has 24 heavy (non-hydrogen) atoms. The summed E-state index contributed by atoms with van der Waals surface area (Å²) in [5, 5.41) is 5.46. The Hall–Kier alpha value is -1.47. The molecule has 0 spiro atoms. The molecule has 4 rings (SSSR count). The SMILES string of the molecule is C=CCn1c(-c2ccccc2Cl)nn([C@@H]2CC[C@H]3OC[C@H]2O3)c1=S. The molecule has 0 aliphatic carbocycles. The maximum Gasteiger partial charge on any atom is 0.198 e. The van der Waals surface area contributed by atoms with Crippen LogP contribution in [0.1, 0.15) is 18.9 Å². The van der Waals surface area contributed by atoms with Crippen LogP contribution in [0.4, 0.5) is 0 Å². The van der Waals surface area contributed by atoms with Crippen molar-refractivity contribution < 1.29 is 9.47 Å². The first-order chi connectivity index (χ1) is 11.7. The molecule has 3 heterocycles. The molecule has 1 aromatic carbocycles. The monoisotopic (exact) mass is 363 g/mol. The number of ether oxygens (including phenoxy) is 2. The fraction of sp³-hybridized carbons (Fsp3) is 0.412. The van der Waals surface area contributed by atoms with Gasteiger partial charge in [0, 0.05) is 18.5 Å². The minimum atomic E-state index is -0.0706. The number of allylic oxidation sites excluding steroid dienone is 1. The molecular formula is C17H18ClN3O2S. The van der Waals surface area contributed by atoms with Crippen LogP contribution in [0.25, 0.3) is 11.4 Å². The molecule has 2 saturated heterocycles. The maximum atomic E-state index is 6.37. The summed E-state index contributed by atoms with van der Waals surface area (Å²) < 4.78 is 16.0. The maximum absolute atomic E-state index is 6.37. The van der Waals surface area contributed by atoms with Crippen LogP contribution in [0.3, 0.4) is 0 Å². The quantitative estimate of drug-likeness (QED) is 0.608. The van der Waals surface area contributed by atoms with Crippen molar-refractivity contribution in [3.63, 3.8) is 0 Å². The van der Waals surface area contributed by atoms with E-state index in [0.717, 1.165) is 24.2 Å². The Balaban J connectivity index is 1.82. The summed E-state index contributed by atoms with van der Waals surface area (Å²) in [6, 6.07) is 7.75. The number of benzene rings is 1. The van der Waals surface area contributed by atoms with Crippen LogP contribution in [0.2, 0.25) is 5.02 Å². The van der Waals surface area contributed by atoms with Crippen LogP contribution in [0.15, 0.2) is 36.9 Å². The summed E-state index contributed by atoms with van der Waals surface area (Å²) >= 11 is 12.1. The van der Waals surface area contributed by atoms with Crippen molar-refractivity contribution in [1.29, 1.82) is 0 Å². The first-order valence-electron chi connectivity index (χ1n) is 8.01. The van der Waals surface area contributed by atoms with E-state index in [9.17, 15) is 0 Å². The second-order valence-electron chi connectivity index (χ2n) is 6.01. The highest BCUT2D eigenvalue weighted by molar-refractivity contribution is 7.71. The summed E-state index contributed by atoms with van der Waals surface area (Å²) in [5.74, 6) is 0.756. The molecule has 7 heteroatoms. The lowest BCUT2D eigenvalue weighted by Gasteiger charge is -2.27. The summed E-state index contributed by atoms with van der Waals surface area (Å²) in [6.45, 7) is 5.00. The predicted octanol–water partition coefficient (Wildman–Crippen LogP) is 4.00. The highest BCUT2D eigenvalue weighted by atomic mass is 35.5. The van der Waals surface area contributed by atoms with Crippen molar-refractivity contribution in [3.8, 4) is 11.4 Å². The predicted molar refractivity (Wildman–Crippen MR) is 94.6 cm³/mol. The van der Waals surface area contributed by atoms with Crippen molar-refractivity contribution in [2.45, 2.75) is 37.8 Å². The number of fused-ring (bicyclic) bond motifs is 2. The minimum Gasteiger partial charge on any atom is -0.350 e. The lowest BCUT2D eigenvalue weighted by atomic mass is 10.0. The first kappa shape index (κ1) is 16.0. The standard InChI is InChI=1S/C17H18ClN3O2S/c1-2-9-20-16(11-5-3-4-6-12(11)18)19-21(17(20)24)13-7-8-15-22-10-14(13)23-15/h2-6,13-15H,1,7-10H2/t13-,14-,15+/m1/s1. The zero-order valence-corrected chi connectivity index (χ0v) is 14.7. The first-order valence-corrected chi connectivity index (χ1v) is 8.80. The third-order valence-corrected chi connectivity index (χ3v) is 5.26. The van der Waals surface area contributed by atoms with Gasteiger partial charge in [-0.15, -0.1) is 6.58 Å². The fourth-order valence-electron chi connectivity index (χ4n) is 3.37. The summed E-state index contributed by atoms with van der Waals surface area (Å²) in [7, 11) is 0. The molecule has 0 saturated carbocycles. The normalized spacial score (nSPS) is 25.8. The molecular weight excluding hydrogens is 346 g/mol. The molecule has 126 valence electrons. The van der Waals surface area contributed by atoms with Crippen LogP contribution < -0.4 is 0 Å². The molecule has 0 amide bonds. The Morgan fingerprint density at radius 1 is 1.38 bits per heavy atom. The smallest absolute Gasteiger partial charge is 0.198 e. The van der Waals surface area contributed by atoms with E-state index in [1.807, 2.05) is 39.6 Å². The molecule has 5 nitrogen and oxygen atoms in total. The van der Waals surface area contributed by atoms with E-state index in [4.69, 9.17) is 38.4 Å². The van der Waals surface area contributed by atoms with Gasteiger partial charge in [0.25, 0.3) is 0 Å². The van der Waals surface area contributed by atoms with E-state index >= 15 is 0 Å². The Morgan fingerprint density at radius 3 is 3.00 bits per heavy atom. The van der Waals surface area contributed by atoms with Crippen LogP contribution in [0, 0.1) is 4.77 Å². The van der Waals surface area contributed by atoms with E-state index < -0.39 is 0 Å². The molecule has 2 fully saturated rings. The van der Waals surface area contributed by atoms with Crippen LogP contribution in [-0.4, -0.2) is 33.3 Å². The van der Waals surface area contributed by atoms with E-state index in [2.05, 4.69) is 6.58 Å². The lowest BCUT2D eigenvalue weighted by molar-refractivity contribution is -0.0974. The molecule has 0 N–H and O–H groups in total. The lowest BCUT2D eigenvalue weighted by Crippen LogP contribution is -2.32. The Morgan fingerprint density at radius 2 is 2.21 bits per heavy atom. The van der Waals surface area contributed by atoms with Gasteiger partial charge in [-0.1, -0.05) is 29.8 Å². The van der Waals surface area contributed by atoms with Crippen molar-refractivity contribution in [2.24, 2.45) is 0 Å². The average molecular weight is 364 g/mol. The molecule has 2 aliphatic heterocycles. The van der Waals surface area contributed by atoms with Gasteiger partial charge in [0.05, 0.1) is 17.7 Å². The molecule has 0 unspecified atom stereocenters. The van der Waals surface area contributed by atoms with Gasteiger partial charge in [-0.05, 0) is 30.8 Å². The number of hydrogen-bond donors (Lipinski definition) is 0. The summed E-state index contributed by atoms with van der Waals surface area (Å²) in [4.78, 5) is 0. The van der Waals surface area contributed by atoms with Crippen LogP contribution in [-0.2, 0) is 16.0 Å². The molecule has 0 radical (unpaired) electrons. The van der Waals surface area contributed by atoms with Crippen molar-refractivity contribution in [2.75, 3.05) is 6.61 Å². The van der Waals surface area contributed by atoms with Gasteiger partial charge in [-0.3, -0.25) is 4.57 Å². The van der Waals surface area contributed by atoms with E-state index in [1.54, 1.807) is 0 Å². The second-order valence-corrected chi connectivity index (χ2v) is 6.78. The molecule has 1 aromatic heterocycles. The van der Waals surface area contributed by atoms with Gasteiger partial charge in [-0.25, -0.2) is 4.68 Å². The zero-order chi connectivity index (χ0) is 16.7. The van der Waals surface area contributed by atoms with Gasteiger partial charge < -0.3 is 9.47 Å². The van der Waals surface area contributed by atoms with Gasteiger partial charge >= 0.3 is 0 Å². The summed E-state index contributed by atoms with van der Waals surface area (Å²) in [5.41, 5.74) is 0.864. The fourth-order valence-corrected chi connectivity index (χ4v) is 3.92. The van der Waals surface area contributed by atoms with Gasteiger partial charge in [0.2, 0.25) is 0 Å². The summed E-state index contributed by atoms with van der Waals surface area (Å²) in [6.07, 6.45) is 3.55. The molecule has 2 bridgehead atoms. The van der Waals surface area contributed by atoms with Crippen LogP contribution >= 0.6 is 23.8 Å². The van der Waals surface area contributed by atoms with E-state index in [-0.39, 0.29) is 18.4 Å². The van der Waals surface area contributed by atoms with Crippen LogP contribution in [0.5, 0.6) is 0 Å². The zero-order valence-electron chi connectivity index (χ0n) is 13.1. The number of halogens is 1. The Bertz CT molecular complexity index is 831. The van der Waals surface area contributed by atoms with Gasteiger partial charge in [0.15, 0.2) is 16.9 Å². The molecule has 2 aromatic rings. The number of rotatable bonds is 4. The highest BCUT2D eigenvalue weighted by Gasteiger charge is 2.40. The van der Waals surface area contributed by atoms with Crippen molar-refractivity contribution in [1.82, 2.24) is 14.3 Å². The number of aromatic nitrogens is 3. The van der Waals surface area contributed by atoms with E-state index in [0.29, 0.717) is 22.9 Å². The van der Waals surface area contributed by atoms with Gasteiger partial charge in [0.1, 0.15) is 6.10 Å². The highest BCUT2D eigenvalue weighted by Crippen LogP contribution is 2.36. The average Bonchev–Trinajstić information content (AvgIpc) is 3.11.